The van der Waals surface area contributed by atoms with Crippen LogP contribution < -0.4 is 25.4 Å². The topological polar surface area (TPSA) is 180 Å². The zero-order valence-electron chi connectivity index (χ0n) is 26.6. The highest BCUT2D eigenvalue weighted by Crippen LogP contribution is 2.34. The summed E-state index contributed by atoms with van der Waals surface area (Å²) in [4.78, 5) is 27.5. The van der Waals surface area contributed by atoms with Gasteiger partial charge in [-0.3, -0.25) is 14.5 Å². The van der Waals surface area contributed by atoms with Crippen molar-refractivity contribution in [1.29, 1.82) is 0 Å². The Bertz CT molecular complexity index is 1570. The van der Waals surface area contributed by atoms with Crippen LogP contribution in [0.5, 0.6) is 11.5 Å². The van der Waals surface area contributed by atoms with E-state index in [-0.39, 0.29) is 49.8 Å². The molecule has 0 bridgehead atoms. The molecule has 2 amide bonds. The highest BCUT2D eigenvalue weighted by atomic mass is 35.5. The number of halogens is 1. The third-order valence-corrected chi connectivity index (χ3v) is 10.7. The molecule has 0 unspecified atom stereocenters. The van der Waals surface area contributed by atoms with E-state index >= 15 is 0 Å². The average Bonchev–Trinajstić information content (AvgIpc) is 3.67. The number of hydrogen-bond acceptors (Lipinski definition) is 11. The second-order valence-electron chi connectivity index (χ2n) is 12.2. The van der Waals surface area contributed by atoms with Crippen LogP contribution in [0.1, 0.15) is 44.2 Å². The summed E-state index contributed by atoms with van der Waals surface area (Å²) in [7, 11) is -7.42. The van der Waals surface area contributed by atoms with Gasteiger partial charge in [-0.1, -0.05) is 30.3 Å². The van der Waals surface area contributed by atoms with Crippen LogP contribution in [-0.4, -0.2) is 108 Å². The minimum absolute atomic E-state index is 0. The summed E-state index contributed by atoms with van der Waals surface area (Å²) in [5.41, 5.74) is -0.713. The lowest BCUT2D eigenvalue weighted by atomic mass is 10.0. The minimum atomic E-state index is -3.87. The monoisotopic (exact) mass is 716 g/mol. The van der Waals surface area contributed by atoms with Gasteiger partial charge in [0.05, 0.1) is 28.5 Å². The predicted molar refractivity (Wildman–Crippen MR) is 179 cm³/mol. The molecule has 3 atom stereocenters. The van der Waals surface area contributed by atoms with Crippen LogP contribution in [0, 0.1) is 0 Å². The zero-order valence-corrected chi connectivity index (χ0v) is 29.1. The summed E-state index contributed by atoms with van der Waals surface area (Å²) < 4.78 is 60.8. The molecule has 0 saturated carbocycles. The molecule has 2 aromatic rings. The highest BCUT2D eigenvalue weighted by molar-refractivity contribution is 7.91. The van der Waals surface area contributed by atoms with Gasteiger partial charge in [0, 0.05) is 31.5 Å². The van der Waals surface area contributed by atoms with Crippen LogP contribution in [0.4, 0.5) is 0 Å². The molecule has 262 valence electrons. The maximum Gasteiger partial charge on any atom is 0.243 e. The van der Waals surface area contributed by atoms with Crippen molar-refractivity contribution < 1.29 is 41.0 Å². The van der Waals surface area contributed by atoms with Crippen LogP contribution in [0.3, 0.4) is 0 Å². The fourth-order valence-electron chi connectivity index (χ4n) is 5.54. The van der Waals surface area contributed by atoms with Gasteiger partial charge < -0.3 is 30.5 Å². The maximum atomic E-state index is 13.1. The van der Waals surface area contributed by atoms with E-state index in [0.717, 1.165) is 37.8 Å². The minimum Gasteiger partial charge on any atom is -0.454 e. The van der Waals surface area contributed by atoms with Crippen molar-refractivity contribution in [3.8, 4) is 11.5 Å². The molecule has 1 saturated heterocycles. The van der Waals surface area contributed by atoms with E-state index in [0.29, 0.717) is 24.3 Å². The Morgan fingerprint density at radius 3 is 2.38 bits per heavy atom. The van der Waals surface area contributed by atoms with Crippen molar-refractivity contribution in [1.82, 2.24) is 20.9 Å². The number of ether oxygens (including phenoxy) is 2. The number of rotatable bonds is 17. The van der Waals surface area contributed by atoms with Gasteiger partial charge in [0.2, 0.25) is 18.6 Å². The second-order valence-corrected chi connectivity index (χ2v) is 16.4. The van der Waals surface area contributed by atoms with Crippen LogP contribution >= 0.6 is 12.4 Å². The first-order valence-electron chi connectivity index (χ1n) is 15.3. The number of likely N-dealkylation sites (tertiary alicyclic amines) is 1. The lowest BCUT2D eigenvalue weighted by Gasteiger charge is -2.28. The number of carbonyl (C=O) groups is 2. The molecule has 4 N–H and O–H groups in total. The quantitative estimate of drug-likeness (QED) is 0.173. The number of nitrogens with zero attached hydrogens (tertiary/aromatic N) is 1. The van der Waals surface area contributed by atoms with Crippen molar-refractivity contribution in [2.75, 3.05) is 57.3 Å². The summed E-state index contributed by atoms with van der Waals surface area (Å²) in [6.45, 7) is 3.33. The summed E-state index contributed by atoms with van der Waals surface area (Å²) in [5.74, 6) is -1.23. The first-order chi connectivity index (χ1) is 21.7. The molecule has 0 radical (unpaired) electrons. The lowest BCUT2D eigenvalue weighted by molar-refractivity contribution is -0.128. The first kappa shape index (κ1) is 38.5. The number of amides is 2. The van der Waals surface area contributed by atoms with Gasteiger partial charge in [0.25, 0.3) is 0 Å². The Hall–Kier alpha value is -2.95. The molecule has 2 aliphatic rings. The fraction of sp³-hybridized carbons (Fsp3) is 0.548. The van der Waals surface area contributed by atoms with E-state index in [1.54, 1.807) is 0 Å². The van der Waals surface area contributed by atoms with Crippen LogP contribution in [0.25, 0.3) is 0 Å². The summed E-state index contributed by atoms with van der Waals surface area (Å²) in [6, 6.07) is 12.3. The van der Waals surface area contributed by atoms with Gasteiger partial charge in [-0.05, 0) is 63.4 Å². The molecule has 16 heteroatoms. The molecule has 13 nitrogen and oxygen atoms in total. The molecule has 4 rings (SSSR count). The maximum absolute atomic E-state index is 13.1. The standard InChI is InChI=1S/C31H44N4O9S2.ClH/c1-31(38,21-46(41,42)24-12-13-27-28(17-24)44-22-43-27)20-33-25(23-9-4-3-5-10-23)11-8-14-32-30(37)26(19-45(2,39)40)34-29(36)18-35-15-6-7-16-35;/h3-5,9-10,12-13,17,25-26,33,38H,6-8,11,14-16,18-22H2,1-2H3,(H,32,37)(H,34,36);1H/t25-,26+,31+;/m0./s1. The first-order valence-corrected chi connectivity index (χ1v) is 19.0. The molecular weight excluding hydrogens is 672 g/mol. The third-order valence-electron chi connectivity index (χ3n) is 7.79. The molecule has 1 fully saturated rings. The summed E-state index contributed by atoms with van der Waals surface area (Å²) in [5, 5.41) is 19.7. The number of benzene rings is 2. The Kier molecular flexibility index (Phi) is 13.9. The smallest absolute Gasteiger partial charge is 0.243 e. The van der Waals surface area contributed by atoms with Gasteiger partial charge in [-0.15, -0.1) is 12.4 Å². The van der Waals surface area contributed by atoms with Crippen LogP contribution in [-0.2, 0) is 29.3 Å². The lowest BCUT2D eigenvalue weighted by Crippen LogP contribution is -2.52. The molecule has 2 aliphatic heterocycles. The molecule has 47 heavy (non-hydrogen) atoms. The number of carbonyl (C=O) groups excluding carboxylic acids is 2. The summed E-state index contributed by atoms with van der Waals surface area (Å²) >= 11 is 0. The van der Waals surface area contributed by atoms with E-state index in [1.807, 2.05) is 35.2 Å². The van der Waals surface area contributed by atoms with Gasteiger partial charge in [0.1, 0.15) is 15.9 Å². The number of nitrogens with one attached hydrogen (secondary N) is 3. The van der Waals surface area contributed by atoms with Crippen molar-refractivity contribution in [3.63, 3.8) is 0 Å². The molecule has 2 heterocycles. The van der Waals surface area contributed by atoms with E-state index in [2.05, 4.69) is 16.0 Å². The number of aliphatic hydroxyl groups is 1. The third kappa shape index (κ3) is 12.2. The van der Waals surface area contributed by atoms with Crippen LogP contribution in [0.2, 0.25) is 0 Å². The Morgan fingerprint density at radius 2 is 1.70 bits per heavy atom. The molecular formula is C31H45ClN4O9S2. The molecule has 0 spiro atoms. The van der Waals surface area contributed by atoms with E-state index in [4.69, 9.17) is 9.47 Å². The second kappa shape index (κ2) is 16.9. The van der Waals surface area contributed by atoms with E-state index in [1.165, 1.54) is 25.1 Å². The SMILES string of the molecule is C[C@@](O)(CN[C@@H](CCCNC(=O)[C@@H](CS(C)(=O)=O)NC(=O)CN1CCCC1)c1ccccc1)CS(=O)(=O)c1ccc2c(c1)OCO2.Cl. The Labute approximate surface area is 283 Å². The van der Waals surface area contributed by atoms with Gasteiger partial charge in [-0.2, -0.15) is 0 Å². The average molecular weight is 717 g/mol. The van der Waals surface area contributed by atoms with Gasteiger partial charge in [0.15, 0.2) is 21.3 Å². The molecule has 0 aliphatic carbocycles. The Morgan fingerprint density at radius 1 is 1.02 bits per heavy atom. The van der Waals surface area contributed by atoms with Crippen molar-refractivity contribution >= 4 is 43.9 Å². The number of hydrogen-bond donors (Lipinski definition) is 4. The molecule has 2 aromatic carbocycles. The van der Waals surface area contributed by atoms with E-state index in [9.17, 15) is 31.5 Å². The van der Waals surface area contributed by atoms with Gasteiger partial charge >= 0.3 is 0 Å². The molecule has 0 aromatic heterocycles. The van der Waals surface area contributed by atoms with Gasteiger partial charge in [-0.25, -0.2) is 16.8 Å². The normalized spacial score (nSPS) is 17.3. The largest absolute Gasteiger partial charge is 0.454 e. The number of sulfone groups is 2. The van der Waals surface area contributed by atoms with E-state index < -0.39 is 54.6 Å². The summed E-state index contributed by atoms with van der Waals surface area (Å²) in [6.07, 6.45) is 4.00. The fourth-order valence-corrected chi connectivity index (χ4v) is 8.03. The number of fused-ring (bicyclic) bond motifs is 1. The Balaban J connectivity index is 0.00000600. The van der Waals surface area contributed by atoms with Crippen LogP contribution in [0.15, 0.2) is 53.4 Å². The predicted octanol–water partition coefficient (Wildman–Crippen LogP) is 1.21. The van der Waals surface area contributed by atoms with Crippen molar-refractivity contribution in [2.45, 2.75) is 55.2 Å². The van der Waals surface area contributed by atoms with Crippen molar-refractivity contribution in [2.24, 2.45) is 0 Å². The zero-order chi connectivity index (χ0) is 33.4. The van der Waals surface area contributed by atoms with Crippen molar-refractivity contribution in [3.05, 3.63) is 54.1 Å². The highest BCUT2D eigenvalue weighted by Gasteiger charge is 2.32.